The number of hydrogen-bond acceptors (Lipinski definition) is 4. The Bertz CT molecular complexity index is 710. The Balaban J connectivity index is 2.25. The molecule has 0 aliphatic carbocycles. The number of ether oxygens (including phenoxy) is 3. The third kappa shape index (κ3) is 4.71. The largest absolute Gasteiger partial charge is 0.493 e. The van der Waals surface area contributed by atoms with Gasteiger partial charge in [0, 0.05) is 6.92 Å². The zero-order valence-electron chi connectivity index (χ0n) is 14.7. The standard InChI is InChI=1S/C20H24O3S/c1-5-16-10-11-18(14(3)12-16)22-13-17-19(21-6-2)8-7-9-20(17)23-15(4)24/h7-12H,5-6,13H2,1-4H3. The molecule has 0 aliphatic rings. The lowest BCUT2D eigenvalue weighted by molar-refractivity contribution is 0.280. The molecule has 0 spiro atoms. The van der Waals surface area contributed by atoms with E-state index in [1.54, 1.807) is 6.92 Å². The first-order chi connectivity index (χ1) is 11.5. The molecule has 0 fully saturated rings. The van der Waals surface area contributed by atoms with E-state index in [2.05, 4.69) is 26.0 Å². The summed E-state index contributed by atoms with van der Waals surface area (Å²) in [5, 5.41) is 0.466. The first-order valence-electron chi connectivity index (χ1n) is 8.20. The van der Waals surface area contributed by atoms with Crippen LogP contribution < -0.4 is 14.2 Å². The van der Waals surface area contributed by atoms with Gasteiger partial charge in [-0.2, -0.15) is 0 Å². The number of aryl methyl sites for hydroxylation is 2. The van der Waals surface area contributed by atoms with Gasteiger partial charge in [-0.15, -0.1) is 0 Å². The molecule has 0 unspecified atom stereocenters. The Morgan fingerprint density at radius 1 is 1.00 bits per heavy atom. The second kappa shape index (κ2) is 8.69. The summed E-state index contributed by atoms with van der Waals surface area (Å²) in [5.41, 5.74) is 3.29. The molecule has 3 nitrogen and oxygen atoms in total. The third-order valence-electron chi connectivity index (χ3n) is 3.66. The summed E-state index contributed by atoms with van der Waals surface area (Å²) in [6.07, 6.45) is 1.01. The molecule has 0 aliphatic heterocycles. The van der Waals surface area contributed by atoms with E-state index < -0.39 is 0 Å². The molecule has 0 heterocycles. The van der Waals surface area contributed by atoms with E-state index in [-0.39, 0.29) is 0 Å². The van der Waals surface area contributed by atoms with E-state index in [0.29, 0.717) is 24.0 Å². The van der Waals surface area contributed by atoms with Gasteiger partial charge in [0.05, 0.1) is 12.2 Å². The summed E-state index contributed by atoms with van der Waals surface area (Å²) < 4.78 is 17.4. The van der Waals surface area contributed by atoms with Crippen LogP contribution in [0.2, 0.25) is 0 Å². The molecular formula is C20H24O3S. The SMILES string of the molecule is CCOc1cccc(OC(C)=S)c1COc1ccc(CC)cc1C. The van der Waals surface area contributed by atoms with Gasteiger partial charge in [-0.1, -0.05) is 25.1 Å². The van der Waals surface area contributed by atoms with Crippen LogP contribution in [-0.2, 0) is 13.0 Å². The highest BCUT2D eigenvalue weighted by Gasteiger charge is 2.13. The number of rotatable bonds is 7. The highest BCUT2D eigenvalue weighted by molar-refractivity contribution is 7.80. The molecule has 24 heavy (non-hydrogen) atoms. The second-order valence-electron chi connectivity index (χ2n) is 5.50. The molecule has 0 bridgehead atoms. The van der Waals surface area contributed by atoms with Gasteiger partial charge in [-0.3, -0.25) is 0 Å². The van der Waals surface area contributed by atoms with E-state index in [0.717, 1.165) is 29.0 Å². The lowest BCUT2D eigenvalue weighted by Gasteiger charge is -2.16. The van der Waals surface area contributed by atoms with Crippen LogP contribution in [0.25, 0.3) is 0 Å². The van der Waals surface area contributed by atoms with Crippen LogP contribution in [0.5, 0.6) is 17.2 Å². The first-order valence-corrected chi connectivity index (χ1v) is 8.61. The third-order valence-corrected chi connectivity index (χ3v) is 3.75. The summed E-state index contributed by atoms with van der Waals surface area (Å²) >= 11 is 5.07. The van der Waals surface area contributed by atoms with Crippen LogP contribution in [0, 0.1) is 6.92 Å². The van der Waals surface area contributed by atoms with Crippen molar-refractivity contribution in [1.82, 2.24) is 0 Å². The smallest absolute Gasteiger partial charge is 0.164 e. The van der Waals surface area contributed by atoms with Crippen molar-refractivity contribution in [3.63, 3.8) is 0 Å². The Hall–Kier alpha value is -2.07. The fourth-order valence-corrected chi connectivity index (χ4v) is 2.56. The van der Waals surface area contributed by atoms with Crippen LogP contribution in [0.15, 0.2) is 36.4 Å². The average Bonchev–Trinajstić information content (AvgIpc) is 2.55. The molecule has 2 rings (SSSR count). The number of hydrogen-bond donors (Lipinski definition) is 0. The number of thiocarbonyl (C=S) groups is 1. The van der Waals surface area contributed by atoms with Gasteiger partial charge in [0.15, 0.2) is 5.05 Å². The highest BCUT2D eigenvalue weighted by atomic mass is 32.1. The summed E-state index contributed by atoms with van der Waals surface area (Å²) in [7, 11) is 0. The molecule has 0 saturated heterocycles. The Morgan fingerprint density at radius 2 is 1.75 bits per heavy atom. The molecular weight excluding hydrogens is 320 g/mol. The zero-order chi connectivity index (χ0) is 17.5. The lowest BCUT2D eigenvalue weighted by atomic mass is 10.1. The van der Waals surface area contributed by atoms with Crippen molar-refractivity contribution < 1.29 is 14.2 Å². The molecule has 0 amide bonds. The predicted octanol–water partition coefficient (Wildman–Crippen LogP) is 5.26. The summed E-state index contributed by atoms with van der Waals surface area (Å²) in [5.74, 6) is 2.30. The molecule has 0 radical (unpaired) electrons. The molecule has 2 aromatic rings. The van der Waals surface area contributed by atoms with E-state index in [1.807, 2.05) is 31.2 Å². The minimum Gasteiger partial charge on any atom is -0.493 e. The topological polar surface area (TPSA) is 27.7 Å². The van der Waals surface area contributed by atoms with Crippen molar-refractivity contribution in [1.29, 1.82) is 0 Å². The van der Waals surface area contributed by atoms with E-state index >= 15 is 0 Å². The van der Waals surface area contributed by atoms with Gasteiger partial charge in [-0.25, -0.2) is 0 Å². The number of benzene rings is 2. The van der Waals surface area contributed by atoms with Crippen molar-refractivity contribution in [2.45, 2.75) is 40.7 Å². The van der Waals surface area contributed by atoms with Gasteiger partial charge in [0.1, 0.15) is 23.9 Å². The minimum absolute atomic E-state index is 0.362. The maximum absolute atomic E-state index is 6.03. The second-order valence-corrected chi connectivity index (χ2v) is 6.08. The van der Waals surface area contributed by atoms with Crippen molar-refractivity contribution >= 4 is 17.3 Å². The van der Waals surface area contributed by atoms with E-state index in [4.69, 9.17) is 26.4 Å². The van der Waals surface area contributed by atoms with Crippen LogP contribution in [0.3, 0.4) is 0 Å². The maximum Gasteiger partial charge on any atom is 0.164 e. The van der Waals surface area contributed by atoms with Crippen molar-refractivity contribution in [2.24, 2.45) is 0 Å². The Labute approximate surface area is 149 Å². The molecule has 0 aromatic heterocycles. The van der Waals surface area contributed by atoms with E-state index in [1.165, 1.54) is 5.56 Å². The van der Waals surface area contributed by atoms with Gasteiger partial charge in [-0.05, 0) is 61.8 Å². The lowest BCUT2D eigenvalue weighted by Crippen LogP contribution is -2.07. The molecule has 128 valence electrons. The zero-order valence-corrected chi connectivity index (χ0v) is 15.5. The van der Waals surface area contributed by atoms with Crippen LogP contribution >= 0.6 is 12.2 Å². The molecule has 2 aromatic carbocycles. The quantitative estimate of drug-likeness (QED) is 0.640. The van der Waals surface area contributed by atoms with Gasteiger partial charge in [0.2, 0.25) is 0 Å². The van der Waals surface area contributed by atoms with Crippen molar-refractivity contribution in [3.8, 4) is 17.2 Å². The molecule has 0 saturated carbocycles. The fourth-order valence-electron chi connectivity index (χ4n) is 2.47. The Kier molecular flexibility index (Phi) is 6.62. The van der Waals surface area contributed by atoms with Crippen LogP contribution in [0.1, 0.15) is 37.5 Å². The van der Waals surface area contributed by atoms with Gasteiger partial charge < -0.3 is 14.2 Å². The van der Waals surface area contributed by atoms with Crippen molar-refractivity contribution in [2.75, 3.05) is 6.61 Å². The minimum atomic E-state index is 0.362. The average molecular weight is 344 g/mol. The Morgan fingerprint density at radius 3 is 2.38 bits per heavy atom. The monoisotopic (exact) mass is 344 g/mol. The maximum atomic E-state index is 6.03. The first kappa shape index (κ1) is 18.3. The summed E-state index contributed by atoms with van der Waals surface area (Å²) in [6.45, 7) is 8.85. The fraction of sp³-hybridized carbons (Fsp3) is 0.350. The molecule has 4 heteroatoms. The molecule has 0 atom stereocenters. The van der Waals surface area contributed by atoms with Gasteiger partial charge in [0.25, 0.3) is 0 Å². The van der Waals surface area contributed by atoms with Crippen LogP contribution in [-0.4, -0.2) is 11.7 Å². The predicted molar refractivity (Wildman–Crippen MR) is 101 cm³/mol. The van der Waals surface area contributed by atoms with Crippen molar-refractivity contribution in [3.05, 3.63) is 53.1 Å². The normalized spacial score (nSPS) is 10.3. The molecule has 0 N–H and O–H groups in total. The van der Waals surface area contributed by atoms with Crippen LogP contribution in [0.4, 0.5) is 0 Å². The highest BCUT2D eigenvalue weighted by Crippen LogP contribution is 2.31. The summed E-state index contributed by atoms with van der Waals surface area (Å²) in [6, 6.07) is 12.0. The van der Waals surface area contributed by atoms with Gasteiger partial charge >= 0.3 is 0 Å². The van der Waals surface area contributed by atoms with E-state index in [9.17, 15) is 0 Å². The summed E-state index contributed by atoms with van der Waals surface area (Å²) in [4.78, 5) is 0.